The number of nitrogens with one attached hydrogen (secondary N) is 2. The van der Waals surface area contributed by atoms with Gasteiger partial charge in [-0.3, -0.25) is 4.99 Å². The van der Waals surface area contributed by atoms with Gasteiger partial charge in [0.15, 0.2) is 5.96 Å². The Morgan fingerprint density at radius 1 is 1.30 bits per heavy atom. The highest BCUT2D eigenvalue weighted by Gasteiger charge is 2.66. The Morgan fingerprint density at radius 2 is 2.11 bits per heavy atom. The van der Waals surface area contributed by atoms with E-state index < -0.39 is 0 Å². The zero-order valence-electron chi connectivity index (χ0n) is 15.8. The normalized spacial score (nSPS) is 31.9. The van der Waals surface area contributed by atoms with E-state index in [1.165, 1.54) is 25.3 Å². The number of halogens is 2. The third kappa shape index (κ3) is 3.07. The molecule has 0 bridgehead atoms. The summed E-state index contributed by atoms with van der Waals surface area (Å²) in [5.74, 6) is 1.37. The van der Waals surface area contributed by atoms with Crippen LogP contribution in [0.5, 0.6) is 0 Å². The molecule has 3 saturated carbocycles. The zero-order chi connectivity index (χ0) is 17.8. The number of nitrogens with zero attached hydrogens (tertiary/aromatic N) is 1. The number of ether oxygens (including phenoxy) is 1. The summed E-state index contributed by atoms with van der Waals surface area (Å²) in [5.41, 5.74) is 1.51. The van der Waals surface area contributed by atoms with Crippen molar-refractivity contribution in [2.45, 2.75) is 56.1 Å². The van der Waals surface area contributed by atoms with E-state index in [9.17, 15) is 4.39 Å². The van der Waals surface area contributed by atoms with Crippen LogP contribution in [0.4, 0.5) is 4.39 Å². The van der Waals surface area contributed by atoms with Crippen LogP contribution in [-0.2, 0) is 10.2 Å². The van der Waals surface area contributed by atoms with Crippen molar-refractivity contribution in [3.05, 3.63) is 35.6 Å². The van der Waals surface area contributed by atoms with Crippen molar-refractivity contribution < 1.29 is 9.13 Å². The second-order valence-electron chi connectivity index (χ2n) is 8.67. The molecule has 1 saturated heterocycles. The lowest BCUT2D eigenvalue weighted by Crippen LogP contribution is -2.72. The van der Waals surface area contributed by atoms with Gasteiger partial charge in [0.2, 0.25) is 0 Å². The molecular formula is C21H29FIN3O. The van der Waals surface area contributed by atoms with Gasteiger partial charge in [0.25, 0.3) is 0 Å². The highest BCUT2D eigenvalue weighted by Crippen LogP contribution is 2.62. The molecule has 0 amide bonds. The summed E-state index contributed by atoms with van der Waals surface area (Å²) >= 11 is 0. The van der Waals surface area contributed by atoms with Crippen molar-refractivity contribution in [2.24, 2.45) is 16.3 Å². The van der Waals surface area contributed by atoms with Gasteiger partial charge in [-0.05, 0) is 49.8 Å². The molecular weight excluding hydrogens is 456 g/mol. The van der Waals surface area contributed by atoms with E-state index in [1.807, 2.05) is 19.2 Å². The van der Waals surface area contributed by atoms with Gasteiger partial charge in [-0.25, -0.2) is 4.39 Å². The van der Waals surface area contributed by atoms with Crippen molar-refractivity contribution in [3.63, 3.8) is 0 Å². The SMILES string of the molecule is CN=C(NCC1(c2cccc(F)c2)CC1)NC1C2CCOC2C12CCC2.I. The highest BCUT2D eigenvalue weighted by molar-refractivity contribution is 14.0. The third-order valence-corrected chi connectivity index (χ3v) is 7.44. The number of fused-ring (bicyclic) bond motifs is 2. The van der Waals surface area contributed by atoms with Crippen molar-refractivity contribution in [1.82, 2.24) is 10.6 Å². The highest BCUT2D eigenvalue weighted by atomic mass is 127. The second-order valence-corrected chi connectivity index (χ2v) is 8.67. The van der Waals surface area contributed by atoms with Crippen LogP contribution in [0.3, 0.4) is 0 Å². The molecule has 4 aliphatic rings. The van der Waals surface area contributed by atoms with Crippen molar-refractivity contribution in [3.8, 4) is 0 Å². The fraction of sp³-hybridized carbons (Fsp3) is 0.667. The van der Waals surface area contributed by atoms with Gasteiger partial charge in [0.1, 0.15) is 5.82 Å². The first-order valence-electron chi connectivity index (χ1n) is 10.0. The number of guanidine groups is 1. The van der Waals surface area contributed by atoms with Crippen LogP contribution in [0.15, 0.2) is 29.3 Å². The largest absolute Gasteiger partial charge is 0.377 e. The monoisotopic (exact) mass is 485 g/mol. The van der Waals surface area contributed by atoms with Gasteiger partial charge in [-0.1, -0.05) is 18.6 Å². The fourth-order valence-electron chi connectivity index (χ4n) is 5.59. The molecule has 5 rings (SSSR count). The Balaban J connectivity index is 0.00000180. The first-order valence-corrected chi connectivity index (χ1v) is 10.0. The van der Waals surface area contributed by atoms with Gasteiger partial charge >= 0.3 is 0 Å². The number of hydrogen-bond donors (Lipinski definition) is 2. The molecule has 3 unspecified atom stereocenters. The van der Waals surface area contributed by atoms with Crippen molar-refractivity contribution in [1.29, 1.82) is 0 Å². The molecule has 148 valence electrons. The molecule has 1 aliphatic heterocycles. The van der Waals surface area contributed by atoms with Gasteiger partial charge in [-0.15, -0.1) is 24.0 Å². The van der Waals surface area contributed by atoms with E-state index in [0.717, 1.165) is 43.9 Å². The summed E-state index contributed by atoms with van der Waals surface area (Å²) in [6.07, 6.45) is 7.70. The van der Waals surface area contributed by atoms with Gasteiger partial charge in [0.05, 0.1) is 6.10 Å². The minimum Gasteiger partial charge on any atom is -0.377 e. The van der Waals surface area contributed by atoms with E-state index in [2.05, 4.69) is 15.6 Å². The Bertz CT molecular complexity index is 732. The lowest BCUT2D eigenvalue weighted by molar-refractivity contribution is -0.171. The first-order chi connectivity index (χ1) is 12.7. The standard InChI is InChI=1S/C21H28FN3O.HI/c1-23-19(24-13-20(9-10-20)14-4-2-5-15(22)12-14)25-17-16-6-11-26-18(16)21(17)7-3-8-21;/h2,4-5,12,16-18H,3,6-11,13H2,1H3,(H2,23,24,25);1H. The third-order valence-electron chi connectivity index (χ3n) is 7.44. The summed E-state index contributed by atoms with van der Waals surface area (Å²) in [6, 6.07) is 7.54. The molecule has 1 heterocycles. The van der Waals surface area contributed by atoms with Crippen LogP contribution in [0.1, 0.15) is 44.1 Å². The molecule has 27 heavy (non-hydrogen) atoms. The van der Waals surface area contributed by atoms with Gasteiger partial charge in [-0.2, -0.15) is 0 Å². The number of aliphatic imine (C=N–C) groups is 1. The summed E-state index contributed by atoms with van der Waals surface area (Å²) in [5, 5.41) is 7.25. The molecule has 6 heteroatoms. The smallest absolute Gasteiger partial charge is 0.191 e. The summed E-state index contributed by atoms with van der Waals surface area (Å²) in [7, 11) is 1.84. The summed E-state index contributed by atoms with van der Waals surface area (Å²) in [6.45, 7) is 1.71. The van der Waals surface area contributed by atoms with Crippen LogP contribution in [0, 0.1) is 17.2 Å². The predicted octanol–water partition coefficient (Wildman–Crippen LogP) is 3.60. The Morgan fingerprint density at radius 3 is 2.74 bits per heavy atom. The van der Waals surface area contributed by atoms with E-state index >= 15 is 0 Å². The maximum Gasteiger partial charge on any atom is 0.191 e. The van der Waals surface area contributed by atoms with E-state index in [4.69, 9.17) is 4.74 Å². The zero-order valence-corrected chi connectivity index (χ0v) is 18.2. The van der Waals surface area contributed by atoms with E-state index in [0.29, 0.717) is 23.5 Å². The van der Waals surface area contributed by atoms with Gasteiger partial charge < -0.3 is 15.4 Å². The maximum atomic E-state index is 13.6. The minimum atomic E-state index is -0.148. The molecule has 1 aromatic carbocycles. The van der Waals surface area contributed by atoms with Crippen LogP contribution in [-0.4, -0.2) is 38.3 Å². The number of hydrogen-bond acceptors (Lipinski definition) is 2. The topological polar surface area (TPSA) is 45.7 Å². The number of benzene rings is 1. The van der Waals surface area contributed by atoms with E-state index in [-0.39, 0.29) is 35.2 Å². The maximum absolute atomic E-state index is 13.6. The Labute approximate surface area is 177 Å². The quantitative estimate of drug-likeness (QED) is 0.389. The van der Waals surface area contributed by atoms with Gasteiger partial charge in [0, 0.05) is 43.0 Å². The van der Waals surface area contributed by atoms with Crippen molar-refractivity contribution in [2.75, 3.05) is 20.2 Å². The molecule has 2 N–H and O–H groups in total. The molecule has 3 aliphatic carbocycles. The average Bonchev–Trinajstić information content (AvgIpc) is 3.28. The van der Waals surface area contributed by atoms with Crippen molar-refractivity contribution >= 4 is 29.9 Å². The average molecular weight is 485 g/mol. The summed E-state index contributed by atoms with van der Waals surface area (Å²) in [4.78, 5) is 4.47. The van der Waals surface area contributed by atoms with Crippen LogP contribution < -0.4 is 10.6 Å². The van der Waals surface area contributed by atoms with Crippen LogP contribution in [0.2, 0.25) is 0 Å². The molecule has 4 nitrogen and oxygen atoms in total. The molecule has 1 spiro atoms. The first kappa shape index (κ1) is 19.4. The Hall–Kier alpha value is -0.890. The molecule has 0 radical (unpaired) electrons. The van der Waals surface area contributed by atoms with E-state index in [1.54, 1.807) is 6.07 Å². The lowest BCUT2D eigenvalue weighted by atomic mass is 9.46. The molecule has 0 aromatic heterocycles. The molecule has 1 aromatic rings. The Kier molecular flexibility index (Phi) is 5.16. The second kappa shape index (κ2) is 7.17. The lowest BCUT2D eigenvalue weighted by Gasteiger charge is -2.63. The molecule has 4 fully saturated rings. The fourth-order valence-corrected chi connectivity index (χ4v) is 5.59. The molecule has 3 atom stereocenters. The number of rotatable bonds is 4. The predicted molar refractivity (Wildman–Crippen MR) is 115 cm³/mol. The van der Waals surface area contributed by atoms with Crippen LogP contribution in [0.25, 0.3) is 0 Å². The minimum absolute atomic E-state index is 0. The summed E-state index contributed by atoms with van der Waals surface area (Å²) < 4.78 is 19.6. The van der Waals surface area contributed by atoms with Crippen LogP contribution >= 0.6 is 24.0 Å².